The summed E-state index contributed by atoms with van der Waals surface area (Å²) in [6.45, 7) is 5.28. The summed E-state index contributed by atoms with van der Waals surface area (Å²) in [5, 5.41) is 3.77. The molecule has 2 N–H and O–H groups in total. The fourth-order valence-electron chi connectivity index (χ4n) is 3.00. The van der Waals surface area contributed by atoms with Gasteiger partial charge in [-0.05, 0) is 57.0 Å². The van der Waals surface area contributed by atoms with Crippen LogP contribution in [0.3, 0.4) is 0 Å². The lowest BCUT2D eigenvalue weighted by Gasteiger charge is -2.21. The largest absolute Gasteiger partial charge is 0.338 e. The number of rotatable bonds is 5. The summed E-state index contributed by atoms with van der Waals surface area (Å²) < 4.78 is 5.09. The minimum atomic E-state index is 0.0857. The maximum absolute atomic E-state index is 12.7. The van der Waals surface area contributed by atoms with Crippen LogP contribution in [0.1, 0.15) is 35.4 Å². The summed E-state index contributed by atoms with van der Waals surface area (Å²) >= 11 is 1.61. The molecule has 0 bridgehead atoms. The van der Waals surface area contributed by atoms with E-state index < -0.39 is 0 Å². The summed E-state index contributed by atoms with van der Waals surface area (Å²) in [6, 6.07) is 7.93. The number of thioether (sulfide) groups is 1. The lowest BCUT2D eigenvalue weighted by Crippen LogP contribution is -2.34. The summed E-state index contributed by atoms with van der Waals surface area (Å²) in [5.74, 6) is 2.37. The standard InChI is InChI=1S/C17H22N4O2S/c1-11-7-13(8-18)9-21(11)17(22)14-3-5-15(6-4-14)24-10-16-19-12(2)20-23-16/h3-6,11,13H,7-10,18H2,1-2H3. The van der Waals surface area contributed by atoms with Crippen molar-refractivity contribution in [1.29, 1.82) is 0 Å². The molecule has 24 heavy (non-hydrogen) atoms. The van der Waals surface area contributed by atoms with Crippen LogP contribution < -0.4 is 5.73 Å². The number of benzene rings is 1. The van der Waals surface area contributed by atoms with Gasteiger partial charge in [0.05, 0.1) is 5.75 Å². The summed E-state index contributed by atoms with van der Waals surface area (Å²) in [7, 11) is 0. The van der Waals surface area contributed by atoms with E-state index in [2.05, 4.69) is 17.1 Å². The van der Waals surface area contributed by atoms with Crippen LogP contribution >= 0.6 is 11.8 Å². The summed E-state index contributed by atoms with van der Waals surface area (Å²) in [6.07, 6.45) is 0.986. The van der Waals surface area contributed by atoms with Crippen LogP contribution in [0.5, 0.6) is 0 Å². The Hall–Kier alpha value is -1.86. The van der Waals surface area contributed by atoms with Crippen molar-refractivity contribution >= 4 is 17.7 Å². The van der Waals surface area contributed by atoms with Crippen LogP contribution in [0.2, 0.25) is 0 Å². The second-order valence-corrected chi connectivity index (χ2v) is 7.24. The number of hydrogen-bond donors (Lipinski definition) is 1. The predicted molar refractivity (Wildman–Crippen MR) is 92.7 cm³/mol. The van der Waals surface area contributed by atoms with Gasteiger partial charge in [0.25, 0.3) is 5.91 Å². The van der Waals surface area contributed by atoms with E-state index in [-0.39, 0.29) is 11.9 Å². The fraction of sp³-hybridized carbons (Fsp3) is 0.471. The Morgan fingerprint density at radius 3 is 2.75 bits per heavy atom. The highest BCUT2D eigenvalue weighted by molar-refractivity contribution is 7.98. The number of likely N-dealkylation sites (tertiary alicyclic amines) is 1. The van der Waals surface area contributed by atoms with Gasteiger partial charge in [0.2, 0.25) is 5.89 Å². The van der Waals surface area contributed by atoms with Gasteiger partial charge < -0.3 is 15.2 Å². The highest BCUT2D eigenvalue weighted by Gasteiger charge is 2.31. The van der Waals surface area contributed by atoms with E-state index in [1.807, 2.05) is 29.2 Å². The van der Waals surface area contributed by atoms with Gasteiger partial charge in [-0.2, -0.15) is 4.98 Å². The minimum absolute atomic E-state index is 0.0857. The number of carbonyl (C=O) groups excluding carboxylic acids is 1. The molecular formula is C17H22N4O2S. The van der Waals surface area contributed by atoms with Crippen molar-refractivity contribution in [3.8, 4) is 0 Å². The molecule has 7 heteroatoms. The molecule has 0 radical (unpaired) electrons. The molecule has 1 saturated heterocycles. The van der Waals surface area contributed by atoms with Gasteiger partial charge in [0.15, 0.2) is 5.82 Å². The first-order valence-electron chi connectivity index (χ1n) is 8.10. The SMILES string of the molecule is Cc1noc(CSc2ccc(C(=O)N3CC(CN)CC3C)cc2)n1. The van der Waals surface area contributed by atoms with E-state index in [4.69, 9.17) is 10.3 Å². The molecule has 2 aromatic rings. The van der Waals surface area contributed by atoms with Crippen LogP contribution in [0, 0.1) is 12.8 Å². The number of carbonyl (C=O) groups is 1. The van der Waals surface area contributed by atoms with Gasteiger partial charge >= 0.3 is 0 Å². The molecule has 0 saturated carbocycles. The van der Waals surface area contributed by atoms with Gasteiger partial charge in [-0.1, -0.05) is 5.16 Å². The molecule has 1 aromatic carbocycles. The maximum Gasteiger partial charge on any atom is 0.254 e. The lowest BCUT2D eigenvalue weighted by molar-refractivity contribution is 0.0743. The van der Waals surface area contributed by atoms with Crippen molar-refractivity contribution in [1.82, 2.24) is 15.0 Å². The van der Waals surface area contributed by atoms with E-state index in [0.29, 0.717) is 29.9 Å². The first-order valence-corrected chi connectivity index (χ1v) is 9.08. The van der Waals surface area contributed by atoms with E-state index in [9.17, 15) is 4.79 Å². The highest BCUT2D eigenvalue weighted by atomic mass is 32.2. The van der Waals surface area contributed by atoms with Crippen LogP contribution in [-0.4, -0.2) is 40.1 Å². The molecule has 0 aliphatic carbocycles. The Kier molecular flexibility index (Phi) is 5.20. The predicted octanol–water partition coefficient (Wildman–Crippen LogP) is 2.48. The molecule has 2 unspecified atom stereocenters. The second kappa shape index (κ2) is 7.36. The van der Waals surface area contributed by atoms with Gasteiger partial charge in [-0.3, -0.25) is 4.79 Å². The Morgan fingerprint density at radius 2 is 2.17 bits per heavy atom. The third-order valence-corrected chi connectivity index (χ3v) is 5.29. The molecular weight excluding hydrogens is 324 g/mol. The van der Waals surface area contributed by atoms with Crippen molar-refractivity contribution in [2.45, 2.75) is 37.0 Å². The molecule has 3 rings (SSSR count). The zero-order chi connectivity index (χ0) is 17.1. The van der Waals surface area contributed by atoms with Crippen molar-refractivity contribution in [2.75, 3.05) is 13.1 Å². The molecule has 2 heterocycles. The number of amides is 1. The van der Waals surface area contributed by atoms with Gasteiger partial charge in [0, 0.05) is 23.0 Å². The van der Waals surface area contributed by atoms with E-state index in [0.717, 1.165) is 23.4 Å². The molecule has 128 valence electrons. The van der Waals surface area contributed by atoms with Crippen molar-refractivity contribution in [3.63, 3.8) is 0 Å². The third-order valence-electron chi connectivity index (χ3n) is 4.29. The Morgan fingerprint density at radius 1 is 1.42 bits per heavy atom. The first-order chi connectivity index (χ1) is 11.6. The average Bonchev–Trinajstić information content (AvgIpc) is 3.18. The highest BCUT2D eigenvalue weighted by Crippen LogP contribution is 2.26. The summed E-state index contributed by atoms with van der Waals surface area (Å²) in [5.41, 5.74) is 6.46. The monoisotopic (exact) mass is 346 g/mol. The molecule has 1 aliphatic rings. The third kappa shape index (κ3) is 3.79. The van der Waals surface area contributed by atoms with Crippen LogP contribution in [-0.2, 0) is 5.75 Å². The van der Waals surface area contributed by atoms with Gasteiger partial charge in [-0.25, -0.2) is 0 Å². The van der Waals surface area contributed by atoms with Gasteiger partial charge in [0.1, 0.15) is 0 Å². The van der Waals surface area contributed by atoms with Crippen molar-refractivity contribution in [2.24, 2.45) is 11.7 Å². The summed E-state index contributed by atoms with van der Waals surface area (Å²) in [4.78, 5) is 19.8. The molecule has 2 atom stereocenters. The normalized spacial score (nSPS) is 20.5. The number of nitrogens with two attached hydrogens (primary N) is 1. The fourth-order valence-corrected chi connectivity index (χ4v) is 3.74. The van der Waals surface area contributed by atoms with Crippen molar-refractivity contribution in [3.05, 3.63) is 41.5 Å². The topological polar surface area (TPSA) is 85.2 Å². The minimum Gasteiger partial charge on any atom is -0.338 e. The van der Waals surface area contributed by atoms with Crippen LogP contribution in [0.15, 0.2) is 33.7 Å². The quantitative estimate of drug-likeness (QED) is 0.837. The van der Waals surface area contributed by atoms with Crippen molar-refractivity contribution < 1.29 is 9.32 Å². The van der Waals surface area contributed by atoms with E-state index in [1.54, 1.807) is 18.7 Å². The van der Waals surface area contributed by atoms with E-state index >= 15 is 0 Å². The number of hydrogen-bond acceptors (Lipinski definition) is 6. The second-order valence-electron chi connectivity index (χ2n) is 6.19. The number of nitrogens with zero attached hydrogens (tertiary/aromatic N) is 3. The maximum atomic E-state index is 12.7. The Labute approximate surface area is 145 Å². The molecule has 6 nitrogen and oxygen atoms in total. The lowest BCUT2D eigenvalue weighted by atomic mass is 10.1. The molecule has 1 amide bonds. The van der Waals surface area contributed by atoms with E-state index in [1.165, 1.54) is 0 Å². The molecule has 1 aliphatic heterocycles. The number of aromatic nitrogens is 2. The van der Waals surface area contributed by atoms with Crippen LogP contribution in [0.25, 0.3) is 0 Å². The first kappa shape index (κ1) is 17.0. The zero-order valence-corrected chi connectivity index (χ0v) is 14.8. The van der Waals surface area contributed by atoms with Crippen LogP contribution in [0.4, 0.5) is 0 Å². The molecule has 0 spiro atoms. The Bertz CT molecular complexity index is 701. The Balaban J connectivity index is 1.60. The zero-order valence-electron chi connectivity index (χ0n) is 13.9. The van der Waals surface area contributed by atoms with Gasteiger partial charge in [-0.15, -0.1) is 11.8 Å². The average molecular weight is 346 g/mol. The smallest absolute Gasteiger partial charge is 0.254 e. The number of aryl methyl sites for hydroxylation is 1. The molecule has 1 aromatic heterocycles. The molecule has 1 fully saturated rings.